The van der Waals surface area contributed by atoms with Gasteiger partial charge >= 0.3 is 5.97 Å². The molecule has 0 spiro atoms. The lowest BCUT2D eigenvalue weighted by Crippen LogP contribution is -2.36. The van der Waals surface area contributed by atoms with Crippen LogP contribution in [0.5, 0.6) is 0 Å². The Labute approximate surface area is 90.7 Å². The van der Waals surface area contributed by atoms with Crippen LogP contribution in [0.4, 0.5) is 0 Å². The van der Waals surface area contributed by atoms with Gasteiger partial charge < -0.3 is 10.4 Å². The zero-order chi connectivity index (χ0) is 10.6. The fourth-order valence-electron chi connectivity index (χ4n) is 2.17. The number of rotatable bonds is 4. The average molecular weight is 217 g/mol. The van der Waals surface area contributed by atoms with E-state index in [1.54, 1.807) is 0 Å². The molecule has 0 aromatic heterocycles. The van der Waals surface area contributed by atoms with E-state index < -0.39 is 5.97 Å². The third kappa shape index (κ3) is 2.89. The van der Waals surface area contributed by atoms with Crippen molar-refractivity contribution >= 4 is 18.6 Å². The molecule has 0 aromatic rings. The van der Waals surface area contributed by atoms with Gasteiger partial charge in [-0.05, 0) is 37.8 Å². The van der Waals surface area contributed by atoms with Crippen LogP contribution in [0.1, 0.15) is 19.8 Å². The molecular weight excluding hydrogens is 198 g/mol. The molecule has 4 heteroatoms. The molecule has 0 aliphatic carbocycles. The summed E-state index contributed by atoms with van der Waals surface area (Å²) in [6, 6.07) is 0. The molecule has 0 radical (unpaired) electrons. The lowest BCUT2D eigenvalue weighted by atomic mass is 9.79. The standard InChI is InChI=1S/C10H19NO2S/c1-7(9(6-14)10(12)13)8-2-4-11-5-3-8/h7-9,11,14H,2-6H2,1H3,(H,12,13). The van der Waals surface area contributed by atoms with E-state index in [0.717, 1.165) is 25.9 Å². The monoisotopic (exact) mass is 217 g/mol. The van der Waals surface area contributed by atoms with E-state index in [0.29, 0.717) is 11.7 Å². The maximum absolute atomic E-state index is 11.0. The van der Waals surface area contributed by atoms with Gasteiger partial charge in [0.1, 0.15) is 0 Å². The van der Waals surface area contributed by atoms with Crippen LogP contribution in [0.15, 0.2) is 0 Å². The molecule has 0 saturated carbocycles. The van der Waals surface area contributed by atoms with Crippen molar-refractivity contribution in [3.8, 4) is 0 Å². The smallest absolute Gasteiger partial charge is 0.307 e. The van der Waals surface area contributed by atoms with Gasteiger partial charge in [-0.25, -0.2) is 0 Å². The second-order valence-electron chi connectivity index (χ2n) is 4.07. The molecule has 3 nitrogen and oxygen atoms in total. The number of carbonyl (C=O) groups is 1. The minimum Gasteiger partial charge on any atom is -0.481 e. The quantitative estimate of drug-likeness (QED) is 0.621. The summed E-state index contributed by atoms with van der Waals surface area (Å²) in [4.78, 5) is 11.0. The van der Waals surface area contributed by atoms with Crippen molar-refractivity contribution in [2.24, 2.45) is 17.8 Å². The molecule has 2 atom stereocenters. The molecule has 2 N–H and O–H groups in total. The van der Waals surface area contributed by atoms with Gasteiger partial charge in [0.25, 0.3) is 0 Å². The summed E-state index contributed by atoms with van der Waals surface area (Å²) in [5.41, 5.74) is 0. The Morgan fingerprint density at radius 2 is 2.14 bits per heavy atom. The largest absolute Gasteiger partial charge is 0.481 e. The number of aliphatic carboxylic acids is 1. The van der Waals surface area contributed by atoms with E-state index in [4.69, 9.17) is 5.11 Å². The van der Waals surface area contributed by atoms with Crippen LogP contribution in [-0.2, 0) is 4.79 Å². The van der Waals surface area contributed by atoms with Gasteiger partial charge in [0.2, 0.25) is 0 Å². The number of carboxylic acids is 1. The van der Waals surface area contributed by atoms with E-state index in [2.05, 4.69) is 17.9 Å². The van der Waals surface area contributed by atoms with Crippen molar-refractivity contribution in [2.75, 3.05) is 18.8 Å². The van der Waals surface area contributed by atoms with Gasteiger partial charge in [0, 0.05) is 5.75 Å². The van der Waals surface area contributed by atoms with E-state index >= 15 is 0 Å². The SMILES string of the molecule is CC(C1CCNCC1)C(CS)C(=O)O. The molecule has 1 aliphatic rings. The Morgan fingerprint density at radius 1 is 1.57 bits per heavy atom. The third-order valence-electron chi connectivity index (χ3n) is 3.28. The van der Waals surface area contributed by atoms with E-state index in [9.17, 15) is 4.79 Å². The summed E-state index contributed by atoms with van der Waals surface area (Å²) in [5.74, 6) is 0.240. The first kappa shape index (κ1) is 11.9. The highest BCUT2D eigenvalue weighted by atomic mass is 32.1. The van der Waals surface area contributed by atoms with Gasteiger partial charge in [-0.3, -0.25) is 4.79 Å². The number of carboxylic acid groups (broad SMARTS) is 1. The Kier molecular flexibility index (Phi) is 4.75. The maximum atomic E-state index is 11.0. The fourth-order valence-corrected chi connectivity index (χ4v) is 2.66. The molecule has 82 valence electrons. The lowest BCUT2D eigenvalue weighted by Gasteiger charge is -2.31. The summed E-state index contributed by atoms with van der Waals surface area (Å²) in [6.07, 6.45) is 2.19. The van der Waals surface area contributed by atoms with E-state index in [-0.39, 0.29) is 11.8 Å². The molecule has 1 aliphatic heterocycles. The maximum Gasteiger partial charge on any atom is 0.307 e. The highest BCUT2D eigenvalue weighted by Gasteiger charge is 2.30. The average Bonchev–Trinajstić information content (AvgIpc) is 2.19. The first-order valence-electron chi connectivity index (χ1n) is 5.21. The Bertz CT molecular complexity index is 193. The summed E-state index contributed by atoms with van der Waals surface area (Å²) in [6.45, 7) is 4.09. The van der Waals surface area contributed by atoms with E-state index in [1.165, 1.54) is 0 Å². The van der Waals surface area contributed by atoms with Crippen LogP contribution in [0.25, 0.3) is 0 Å². The van der Waals surface area contributed by atoms with Crippen LogP contribution >= 0.6 is 12.6 Å². The van der Waals surface area contributed by atoms with Gasteiger partial charge in [-0.1, -0.05) is 6.92 Å². The van der Waals surface area contributed by atoms with Crippen LogP contribution in [0.2, 0.25) is 0 Å². The van der Waals surface area contributed by atoms with Crippen molar-refractivity contribution in [2.45, 2.75) is 19.8 Å². The van der Waals surface area contributed by atoms with Gasteiger partial charge in [-0.15, -0.1) is 0 Å². The summed E-state index contributed by atoms with van der Waals surface area (Å²) in [5, 5.41) is 12.3. The molecule has 1 heterocycles. The lowest BCUT2D eigenvalue weighted by molar-refractivity contribution is -0.143. The first-order chi connectivity index (χ1) is 6.66. The molecule has 14 heavy (non-hydrogen) atoms. The number of hydrogen-bond donors (Lipinski definition) is 3. The molecule has 1 rings (SSSR count). The van der Waals surface area contributed by atoms with Crippen LogP contribution < -0.4 is 5.32 Å². The zero-order valence-corrected chi connectivity index (χ0v) is 9.46. The predicted molar refractivity (Wildman–Crippen MR) is 59.7 cm³/mol. The minimum atomic E-state index is -0.703. The predicted octanol–water partition coefficient (Wildman–Crippen LogP) is 1.25. The minimum absolute atomic E-state index is 0.243. The third-order valence-corrected chi connectivity index (χ3v) is 3.67. The molecule has 0 amide bonds. The van der Waals surface area contributed by atoms with Crippen molar-refractivity contribution in [1.82, 2.24) is 5.32 Å². The highest BCUT2D eigenvalue weighted by Crippen LogP contribution is 2.28. The highest BCUT2D eigenvalue weighted by molar-refractivity contribution is 7.80. The van der Waals surface area contributed by atoms with Gasteiger partial charge in [0.15, 0.2) is 0 Å². The first-order valence-corrected chi connectivity index (χ1v) is 5.84. The Balaban J connectivity index is 2.51. The molecule has 0 aromatic carbocycles. The Morgan fingerprint density at radius 3 is 2.57 bits per heavy atom. The van der Waals surface area contributed by atoms with Crippen molar-refractivity contribution in [3.63, 3.8) is 0 Å². The summed E-state index contributed by atoms with van der Waals surface area (Å²) >= 11 is 4.12. The van der Waals surface area contributed by atoms with Crippen LogP contribution in [0, 0.1) is 17.8 Å². The number of hydrogen-bond acceptors (Lipinski definition) is 3. The fraction of sp³-hybridized carbons (Fsp3) is 0.900. The van der Waals surface area contributed by atoms with Crippen LogP contribution in [0.3, 0.4) is 0 Å². The van der Waals surface area contributed by atoms with Gasteiger partial charge in [0.05, 0.1) is 5.92 Å². The molecular formula is C10H19NO2S. The van der Waals surface area contributed by atoms with Crippen molar-refractivity contribution in [1.29, 1.82) is 0 Å². The van der Waals surface area contributed by atoms with Crippen molar-refractivity contribution < 1.29 is 9.90 Å². The normalized spacial score (nSPS) is 23.0. The van der Waals surface area contributed by atoms with Crippen LogP contribution in [-0.4, -0.2) is 29.9 Å². The molecule has 0 bridgehead atoms. The van der Waals surface area contributed by atoms with Gasteiger partial charge in [-0.2, -0.15) is 12.6 Å². The molecule has 2 unspecified atom stereocenters. The second kappa shape index (κ2) is 5.61. The zero-order valence-electron chi connectivity index (χ0n) is 8.57. The number of thiol groups is 1. The number of piperidine rings is 1. The van der Waals surface area contributed by atoms with E-state index in [1.807, 2.05) is 6.92 Å². The van der Waals surface area contributed by atoms with Crippen molar-refractivity contribution in [3.05, 3.63) is 0 Å². The molecule has 1 saturated heterocycles. The second-order valence-corrected chi connectivity index (χ2v) is 4.44. The Hall–Kier alpha value is -0.220. The summed E-state index contributed by atoms with van der Waals surface area (Å²) in [7, 11) is 0. The topological polar surface area (TPSA) is 49.3 Å². The summed E-state index contributed by atoms with van der Waals surface area (Å²) < 4.78 is 0. The molecule has 1 fully saturated rings. The number of nitrogens with one attached hydrogen (secondary N) is 1.